The minimum atomic E-state index is -0.140. The van der Waals surface area contributed by atoms with Gasteiger partial charge >= 0.3 is 0 Å². The zero-order valence-corrected chi connectivity index (χ0v) is 18.8. The first-order valence-corrected chi connectivity index (χ1v) is 11.6. The summed E-state index contributed by atoms with van der Waals surface area (Å²) in [5.41, 5.74) is 2.50. The van der Waals surface area contributed by atoms with Gasteiger partial charge in [0, 0.05) is 55.6 Å². The average Bonchev–Trinajstić information content (AvgIpc) is 2.74. The fourth-order valence-electron chi connectivity index (χ4n) is 4.30. The maximum atomic E-state index is 12.3. The van der Waals surface area contributed by atoms with E-state index in [2.05, 4.69) is 15.5 Å². The quantitative estimate of drug-likeness (QED) is 0.689. The minimum absolute atomic E-state index is 0.0689. The lowest BCUT2D eigenvalue weighted by Gasteiger charge is -2.43. The molecular formula is C22H24N4O3S2. The van der Waals surface area contributed by atoms with Crippen LogP contribution in [0.2, 0.25) is 0 Å². The molecule has 4 rings (SSSR count). The topological polar surface area (TPSA) is 83.4 Å². The predicted molar refractivity (Wildman–Crippen MR) is 128 cm³/mol. The van der Waals surface area contributed by atoms with Gasteiger partial charge in [-0.1, -0.05) is 30.0 Å². The first kappa shape index (κ1) is 21.6. The standard InChI is InChI=1S/C22H24N4O3S2/c1-14(27)23-17-5-7-18(8-6-17)24-20(28)13-31-22(30)25-10-15-9-16(12-25)19-3-2-4-21(29)26(19)11-15/h2-8,15-16H,9-13H2,1H3,(H,23,27)(H,24,28). The number of thioether (sulfide) groups is 1. The Morgan fingerprint density at radius 2 is 1.77 bits per heavy atom. The summed E-state index contributed by atoms with van der Waals surface area (Å²) < 4.78 is 2.62. The van der Waals surface area contributed by atoms with Gasteiger partial charge in [-0.3, -0.25) is 14.4 Å². The van der Waals surface area contributed by atoms with Gasteiger partial charge in [0.15, 0.2) is 0 Å². The summed E-state index contributed by atoms with van der Waals surface area (Å²) in [7, 11) is 0. The van der Waals surface area contributed by atoms with Gasteiger partial charge in [-0.25, -0.2) is 0 Å². The maximum absolute atomic E-state index is 12.3. The van der Waals surface area contributed by atoms with Crippen LogP contribution in [0, 0.1) is 5.92 Å². The normalized spacial score (nSPS) is 19.3. The van der Waals surface area contributed by atoms with Crippen LogP contribution in [-0.4, -0.2) is 44.4 Å². The van der Waals surface area contributed by atoms with Crippen molar-refractivity contribution in [2.75, 3.05) is 29.5 Å². The van der Waals surface area contributed by atoms with Gasteiger partial charge in [0.05, 0.1) is 5.75 Å². The lowest BCUT2D eigenvalue weighted by atomic mass is 9.83. The summed E-state index contributed by atoms with van der Waals surface area (Å²) in [5.74, 6) is 0.637. The highest BCUT2D eigenvalue weighted by Crippen LogP contribution is 2.36. The number of aromatic nitrogens is 1. The van der Waals surface area contributed by atoms with Gasteiger partial charge in [-0.05, 0) is 42.7 Å². The molecule has 162 valence electrons. The molecule has 2 aliphatic rings. The average molecular weight is 457 g/mol. The lowest BCUT2D eigenvalue weighted by Crippen LogP contribution is -2.48. The van der Waals surface area contributed by atoms with Crippen molar-refractivity contribution in [3.63, 3.8) is 0 Å². The third-order valence-electron chi connectivity index (χ3n) is 5.55. The highest BCUT2D eigenvalue weighted by atomic mass is 32.2. The number of nitrogens with one attached hydrogen (secondary N) is 2. The number of pyridine rings is 1. The van der Waals surface area contributed by atoms with Gasteiger partial charge < -0.3 is 20.1 Å². The molecule has 9 heteroatoms. The van der Waals surface area contributed by atoms with Gasteiger partial charge in [-0.15, -0.1) is 0 Å². The van der Waals surface area contributed by atoms with Crippen LogP contribution in [0.1, 0.15) is 25.0 Å². The molecule has 0 spiro atoms. The first-order chi connectivity index (χ1) is 14.9. The molecule has 7 nitrogen and oxygen atoms in total. The Morgan fingerprint density at radius 1 is 1.06 bits per heavy atom. The van der Waals surface area contributed by atoms with Crippen molar-refractivity contribution in [2.45, 2.75) is 25.8 Å². The third kappa shape index (κ3) is 5.16. The largest absolute Gasteiger partial charge is 0.356 e. The second kappa shape index (κ2) is 9.23. The van der Waals surface area contributed by atoms with Crippen LogP contribution in [0.4, 0.5) is 11.4 Å². The van der Waals surface area contributed by atoms with E-state index in [0.717, 1.165) is 36.1 Å². The summed E-state index contributed by atoms with van der Waals surface area (Å²) >= 11 is 6.98. The number of hydrogen-bond acceptors (Lipinski definition) is 5. The molecule has 2 aromatic rings. The number of carbonyl (C=O) groups is 2. The molecule has 1 fully saturated rings. The predicted octanol–water partition coefficient (Wildman–Crippen LogP) is 2.88. The highest BCUT2D eigenvalue weighted by molar-refractivity contribution is 8.23. The number of benzene rings is 1. The number of anilines is 2. The minimum Gasteiger partial charge on any atom is -0.356 e. The molecule has 3 heterocycles. The lowest BCUT2D eigenvalue weighted by molar-refractivity contribution is -0.114. The monoisotopic (exact) mass is 456 g/mol. The van der Waals surface area contributed by atoms with E-state index in [0.29, 0.717) is 17.3 Å². The molecule has 2 unspecified atom stereocenters. The molecular weight excluding hydrogens is 432 g/mol. The van der Waals surface area contributed by atoms with Crippen LogP contribution in [-0.2, 0) is 16.1 Å². The molecule has 1 aromatic heterocycles. The summed E-state index contributed by atoms with van der Waals surface area (Å²) in [6.07, 6.45) is 1.07. The molecule has 2 aliphatic heterocycles. The summed E-state index contributed by atoms with van der Waals surface area (Å²) in [6.45, 7) is 3.77. The van der Waals surface area contributed by atoms with E-state index in [-0.39, 0.29) is 29.0 Å². The molecule has 2 atom stereocenters. The number of thiocarbonyl (C=S) groups is 1. The molecule has 1 saturated heterocycles. The fraction of sp³-hybridized carbons (Fsp3) is 0.364. The maximum Gasteiger partial charge on any atom is 0.250 e. The summed E-state index contributed by atoms with van der Waals surface area (Å²) in [5, 5.41) is 5.54. The van der Waals surface area contributed by atoms with Crippen molar-refractivity contribution in [2.24, 2.45) is 5.92 Å². The van der Waals surface area contributed by atoms with Crippen LogP contribution in [0.25, 0.3) is 0 Å². The number of fused-ring (bicyclic) bond motifs is 4. The van der Waals surface area contributed by atoms with Crippen LogP contribution in [0.3, 0.4) is 0 Å². The molecule has 2 N–H and O–H groups in total. The fourth-order valence-corrected chi connectivity index (χ4v) is 5.29. The molecule has 0 aliphatic carbocycles. The Balaban J connectivity index is 1.30. The number of nitrogens with zero attached hydrogens (tertiary/aromatic N) is 2. The molecule has 31 heavy (non-hydrogen) atoms. The van der Waals surface area contributed by atoms with Crippen molar-refractivity contribution < 1.29 is 9.59 Å². The van der Waals surface area contributed by atoms with E-state index >= 15 is 0 Å². The highest BCUT2D eigenvalue weighted by Gasteiger charge is 2.35. The van der Waals surface area contributed by atoms with E-state index in [1.165, 1.54) is 18.7 Å². The van der Waals surface area contributed by atoms with Crippen LogP contribution >= 0.6 is 24.0 Å². The number of amides is 2. The number of piperidine rings is 1. The van der Waals surface area contributed by atoms with E-state index in [9.17, 15) is 14.4 Å². The van der Waals surface area contributed by atoms with Crippen molar-refractivity contribution in [1.29, 1.82) is 0 Å². The Labute approximate surface area is 190 Å². The molecule has 0 radical (unpaired) electrons. The van der Waals surface area contributed by atoms with Crippen molar-refractivity contribution in [3.05, 3.63) is 58.5 Å². The number of hydrogen-bond donors (Lipinski definition) is 2. The van der Waals surface area contributed by atoms with Gasteiger partial charge in [0.25, 0.3) is 5.56 Å². The third-order valence-corrected chi connectivity index (χ3v) is 7.08. The van der Waals surface area contributed by atoms with Gasteiger partial charge in [0.1, 0.15) is 4.32 Å². The van der Waals surface area contributed by atoms with E-state index in [4.69, 9.17) is 12.2 Å². The smallest absolute Gasteiger partial charge is 0.250 e. The van der Waals surface area contributed by atoms with Gasteiger partial charge in [0.2, 0.25) is 11.8 Å². The Morgan fingerprint density at radius 3 is 2.48 bits per heavy atom. The zero-order chi connectivity index (χ0) is 22.0. The van der Waals surface area contributed by atoms with E-state index in [1.807, 2.05) is 16.7 Å². The van der Waals surface area contributed by atoms with Crippen LogP contribution < -0.4 is 16.2 Å². The second-order valence-electron chi connectivity index (χ2n) is 7.96. The van der Waals surface area contributed by atoms with Crippen LogP contribution in [0.5, 0.6) is 0 Å². The van der Waals surface area contributed by atoms with Crippen LogP contribution in [0.15, 0.2) is 47.3 Å². The summed E-state index contributed by atoms with van der Waals surface area (Å²) in [6, 6.07) is 12.5. The molecule has 1 aromatic carbocycles. The second-order valence-corrected chi connectivity index (χ2v) is 9.57. The summed E-state index contributed by atoms with van der Waals surface area (Å²) in [4.78, 5) is 37.8. The van der Waals surface area contributed by atoms with Gasteiger partial charge in [-0.2, -0.15) is 0 Å². The Kier molecular flexibility index (Phi) is 6.43. The van der Waals surface area contributed by atoms with Crippen molar-refractivity contribution in [1.82, 2.24) is 9.47 Å². The Bertz CT molecular complexity index is 1070. The van der Waals surface area contributed by atoms with Crippen molar-refractivity contribution >= 4 is 51.5 Å². The molecule has 2 amide bonds. The first-order valence-electron chi connectivity index (χ1n) is 10.2. The molecule has 0 saturated carbocycles. The van der Waals surface area contributed by atoms with Crippen molar-refractivity contribution in [3.8, 4) is 0 Å². The molecule has 2 bridgehead atoms. The number of likely N-dealkylation sites (tertiary alicyclic amines) is 1. The Hall–Kier alpha value is -2.65. The SMILES string of the molecule is CC(=O)Nc1ccc(NC(=O)CSC(=S)N2CC3CC(C2)c2cccc(=O)n2C3)cc1. The van der Waals surface area contributed by atoms with E-state index < -0.39 is 0 Å². The van der Waals surface area contributed by atoms with E-state index in [1.54, 1.807) is 30.3 Å². The number of carbonyl (C=O) groups excluding carboxylic acids is 2. The zero-order valence-electron chi connectivity index (χ0n) is 17.2. The number of rotatable bonds is 4.